The summed E-state index contributed by atoms with van der Waals surface area (Å²) in [5.74, 6) is -1.59. The van der Waals surface area contributed by atoms with E-state index in [0.717, 1.165) is 0 Å². The molecule has 0 aliphatic rings. The minimum atomic E-state index is -1.10. The molecule has 10 nitrogen and oxygen atoms in total. The van der Waals surface area contributed by atoms with Gasteiger partial charge in [-0.2, -0.15) is 0 Å². The molecule has 0 unspecified atom stereocenters. The average Bonchev–Trinajstić information content (AvgIpc) is 2.74. The van der Waals surface area contributed by atoms with Crippen LogP contribution < -0.4 is 15.8 Å². The fraction of sp³-hybridized carbons (Fsp3) is 0.250. The predicted molar refractivity (Wildman–Crippen MR) is 106 cm³/mol. The van der Waals surface area contributed by atoms with Gasteiger partial charge in [-0.25, -0.2) is 14.4 Å². The number of rotatable bonds is 9. The number of esters is 2. The van der Waals surface area contributed by atoms with Crippen LogP contribution in [-0.4, -0.2) is 35.5 Å². The third-order valence-electron chi connectivity index (χ3n) is 3.98. The van der Waals surface area contributed by atoms with Crippen LogP contribution in [0.1, 0.15) is 29.6 Å². The number of hydrogen-bond donors (Lipinski definition) is 2. The van der Waals surface area contributed by atoms with Crippen LogP contribution in [0.2, 0.25) is 0 Å². The summed E-state index contributed by atoms with van der Waals surface area (Å²) in [6, 6.07) is 11.7. The molecule has 10 heteroatoms. The number of benzene rings is 2. The van der Waals surface area contributed by atoms with Crippen molar-refractivity contribution < 1.29 is 28.8 Å². The van der Waals surface area contributed by atoms with Crippen LogP contribution in [0.5, 0.6) is 5.75 Å². The molecule has 30 heavy (non-hydrogen) atoms. The van der Waals surface area contributed by atoms with Gasteiger partial charge in [-0.1, -0.05) is 18.2 Å². The molecule has 0 spiro atoms. The number of amides is 1. The molecule has 3 N–H and O–H groups in total. The van der Waals surface area contributed by atoms with E-state index in [9.17, 15) is 24.5 Å². The fourth-order valence-electron chi connectivity index (χ4n) is 2.45. The average molecular weight is 415 g/mol. The Kier molecular flexibility index (Phi) is 8.45. The standard InChI is InChI=1S/C20H21N3O7/c21-13-5-4-8-17(19(25)29-16-11-9-15(10-12-16)23(27)28)22-20(26)30-18(24)14-6-2-1-3-7-14/h1-3,6-7,9-12,17H,4-5,8,13,21H2,(H,22,26)/t17-/m0/s1. The lowest BCUT2D eigenvalue weighted by Crippen LogP contribution is -2.43. The van der Waals surface area contributed by atoms with E-state index >= 15 is 0 Å². The molecule has 158 valence electrons. The molecule has 2 rings (SSSR count). The van der Waals surface area contributed by atoms with Crippen molar-refractivity contribution in [3.63, 3.8) is 0 Å². The van der Waals surface area contributed by atoms with E-state index in [2.05, 4.69) is 5.32 Å². The summed E-state index contributed by atoms with van der Waals surface area (Å²) >= 11 is 0. The van der Waals surface area contributed by atoms with Crippen LogP contribution in [0.3, 0.4) is 0 Å². The highest BCUT2D eigenvalue weighted by molar-refractivity contribution is 5.97. The molecular formula is C20H21N3O7. The minimum Gasteiger partial charge on any atom is -0.425 e. The molecule has 0 saturated heterocycles. The van der Waals surface area contributed by atoms with Gasteiger partial charge in [-0.15, -0.1) is 0 Å². The van der Waals surface area contributed by atoms with Gasteiger partial charge in [0.25, 0.3) is 5.69 Å². The lowest BCUT2D eigenvalue weighted by atomic mass is 10.1. The van der Waals surface area contributed by atoms with Gasteiger partial charge >= 0.3 is 18.0 Å². The quantitative estimate of drug-likeness (QED) is 0.158. The Morgan fingerprint density at radius 1 is 1.03 bits per heavy atom. The Balaban J connectivity index is 2.00. The molecule has 1 amide bonds. The van der Waals surface area contributed by atoms with Gasteiger partial charge in [0.15, 0.2) is 0 Å². The van der Waals surface area contributed by atoms with Gasteiger partial charge < -0.3 is 20.5 Å². The highest BCUT2D eigenvalue weighted by Crippen LogP contribution is 2.18. The normalized spacial score (nSPS) is 11.2. The van der Waals surface area contributed by atoms with Gasteiger partial charge in [-0.05, 0) is 50.1 Å². The number of nitrogens with two attached hydrogens (primary N) is 1. The summed E-state index contributed by atoms with van der Waals surface area (Å²) in [6.45, 7) is 0.404. The topological polar surface area (TPSA) is 151 Å². The number of ether oxygens (including phenoxy) is 2. The van der Waals surface area contributed by atoms with Gasteiger partial charge in [0.05, 0.1) is 10.5 Å². The number of hydrogen-bond acceptors (Lipinski definition) is 8. The summed E-state index contributed by atoms with van der Waals surface area (Å²) in [5, 5.41) is 13.0. The Morgan fingerprint density at radius 3 is 2.30 bits per heavy atom. The van der Waals surface area contributed by atoms with Gasteiger partial charge in [0.2, 0.25) is 0 Å². The summed E-state index contributed by atoms with van der Waals surface area (Å²) in [7, 11) is 0. The molecule has 0 saturated carbocycles. The zero-order valence-electron chi connectivity index (χ0n) is 16.0. The lowest BCUT2D eigenvalue weighted by Gasteiger charge is -2.17. The first-order valence-electron chi connectivity index (χ1n) is 9.14. The second-order valence-corrected chi connectivity index (χ2v) is 6.20. The molecule has 0 heterocycles. The van der Waals surface area contributed by atoms with Crippen molar-refractivity contribution in [1.29, 1.82) is 0 Å². The van der Waals surface area contributed by atoms with E-state index in [1.807, 2.05) is 0 Å². The zero-order chi connectivity index (χ0) is 21.9. The summed E-state index contributed by atoms with van der Waals surface area (Å²) in [5.41, 5.74) is 5.48. The minimum absolute atomic E-state index is 0.0740. The second kappa shape index (κ2) is 11.3. The molecule has 2 aromatic carbocycles. The number of non-ortho nitro benzene ring substituents is 1. The van der Waals surface area contributed by atoms with E-state index in [0.29, 0.717) is 19.4 Å². The van der Waals surface area contributed by atoms with Crippen LogP contribution >= 0.6 is 0 Å². The van der Waals surface area contributed by atoms with Crippen LogP contribution in [0.4, 0.5) is 10.5 Å². The maximum absolute atomic E-state index is 12.5. The monoisotopic (exact) mass is 415 g/mol. The van der Waals surface area contributed by atoms with Crippen molar-refractivity contribution in [2.75, 3.05) is 6.54 Å². The summed E-state index contributed by atoms with van der Waals surface area (Å²) in [4.78, 5) is 46.7. The van der Waals surface area contributed by atoms with Crippen molar-refractivity contribution in [1.82, 2.24) is 5.32 Å². The first kappa shape index (κ1) is 22.5. The lowest BCUT2D eigenvalue weighted by molar-refractivity contribution is -0.384. The first-order valence-corrected chi connectivity index (χ1v) is 9.14. The highest BCUT2D eigenvalue weighted by atomic mass is 16.6. The Labute approximate surface area is 172 Å². The van der Waals surface area contributed by atoms with Gasteiger partial charge in [-0.3, -0.25) is 10.1 Å². The predicted octanol–water partition coefficient (Wildman–Crippen LogP) is 2.56. The molecule has 0 fully saturated rings. The maximum atomic E-state index is 12.5. The third kappa shape index (κ3) is 6.99. The molecule has 1 atom stereocenters. The van der Waals surface area contributed by atoms with E-state index < -0.39 is 29.0 Å². The highest BCUT2D eigenvalue weighted by Gasteiger charge is 2.25. The van der Waals surface area contributed by atoms with Crippen molar-refractivity contribution in [3.05, 3.63) is 70.3 Å². The van der Waals surface area contributed by atoms with Crippen LogP contribution in [-0.2, 0) is 9.53 Å². The van der Waals surface area contributed by atoms with Crippen LogP contribution in [0.25, 0.3) is 0 Å². The number of carbonyl (C=O) groups is 3. The van der Waals surface area contributed by atoms with Crippen molar-refractivity contribution in [2.24, 2.45) is 5.73 Å². The molecule has 0 aromatic heterocycles. The van der Waals surface area contributed by atoms with E-state index in [1.165, 1.54) is 36.4 Å². The van der Waals surface area contributed by atoms with Crippen LogP contribution in [0.15, 0.2) is 54.6 Å². The Bertz CT molecular complexity index is 885. The number of nitro benzene ring substituents is 1. The van der Waals surface area contributed by atoms with Gasteiger partial charge in [0, 0.05) is 12.1 Å². The molecule has 0 radical (unpaired) electrons. The van der Waals surface area contributed by atoms with Gasteiger partial charge in [0.1, 0.15) is 11.8 Å². The first-order chi connectivity index (χ1) is 14.4. The number of unbranched alkanes of at least 4 members (excludes halogenated alkanes) is 1. The maximum Gasteiger partial charge on any atom is 0.415 e. The van der Waals surface area contributed by atoms with Crippen molar-refractivity contribution >= 4 is 23.7 Å². The van der Waals surface area contributed by atoms with Crippen molar-refractivity contribution in [2.45, 2.75) is 25.3 Å². The molecule has 0 aliphatic carbocycles. The number of nitrogens with zero attached hydrogens (tertiary/aromatic N) is 1. The second-order valence-electron chi connectivity index (χ2n) is 6.20. The number of alkyl carbamates (subject to hydrolysis) is 1. The Hall–Kier alpha value is -3.79. The third-order valence-corrected chi connectivity index (χ3v) is 3.98. The van der Waals surface area contributed by atoms with E-state index in [1.54, 1.807) is 18.2 Å². The summed E-state index contributed by atoms with van der Waals surface area (Å²) < 4.78 is 9.90. The molecule has 0 aliphatic heterocycles. The number of nitro groups is 1. The van der Waals surface area contributed by atoms with Crippen LogP contribution in [0, 0.1) is 10.1 Å². The summed E-state index contributed by atoms with van der Waals surface area (Å²) in [6.07, 6.45) is 0.240. The Morgan fingerprint density at radius 2 is 1.70 bits per heavy atom. The molecule has 0 bridgehead atoms. The smallest absolute Gasteiger partial charge is 0.415 e. The van der Waals surface area contributed by atoms with Crippen molar-refractivity contribution in [3.8, 4) is 5.75 Å². The number of carbonyl (C=O) groups excluding carboxylic acids is 3. The zero-order valence-corrected chi connectivity index (χ0v) is 16.0. The molecule has 2 aromatic rings. The molecular weight excluding hydrogens is 394 g/mol. The fourth-order valence-corrected chi connectivity index (χ4v) is 2.45. The largest absolute Gasteiger partial charge is 0.425 e. The van der Waals surface area contributed by atoms with E-state index in [-0.39, 0.29) is 23.4 Å². The SMILES string of the molecule is NCCCC[C@H](NC(=O)OC(=O)c1ccccc1)C(=O)Oc1ccc([N+](=O)[O-])cc1. The number of nitrogens with one attached hydrogen (secondary N) is 1. The van der Waals surface area contributed by atoms with E-state index in [4.69, 9.17) is 15.2 Å².